The van der Waals surface area contributed by atoms with Crippen molar-refractivity contribution in [2.24, 2.45) is 11.8 Å². The lowest BCUT2D eigenvalue weighted by Crippen LogP contribution is -2.44. The molecule has 70 valence electrons. The van der Waals surface area contributed by atoms with Crippen LogP contribution in [0.4, 0.5) is 0 Å². The van der Waals surface area contributed by atoms with Crippen LogP contribution in [0.5, 0.6) is 0 Å². The Bertz CT molecular complexity index is 132. The molecule has 2 rings (SSSR count). The van der Waals surface area contributed by atoms with Crippen molar-refractivity contribution in [2.75, 3.05) is 20.1 Å². The van der Waals surface area contributed by atoms with Crippen molar-refractivity contribution in [3.63, 3.8) is 0 Å². The first kappa shape index (κ1) is 8.55. The first-order valence-corrected chi connectivity index (χ1v) is 5.53. The van der Waals surface area contributed by atoms with Gasteiger partial charge in [0.15, 0.2) is 0 Å². The Hall–Kier alpha value is -0.0400. The highest BCUT2D eigenvalue weighted by Gasteiger charge is 2.26. The first-order chi connectivity index (χ1) is 5.84. The number of likely N-dealkylation sites (tertiary alicyclic amines) is 1. The second-order valence-corrected chi connectivity index (χ2v) is 4.83. The van der Waals surface area contributed by atoms with Gasteiger partial charge in [-0.05, 0) is 25.3 Å². The molecule has 2 fully saturated rings. The van der Waals surface area contributed by atoms with Gasteiger partial charge in [-0.1, -0.05) is 32.1 Å². The normalized spacial score (nSPS) is 28.8. The molecule has 1 saturated heterocycles. The van der Waals surface area contributed by atoms with Crippen molar-refractivity contribution in [3.05, 3.63) is 0 Å². The predicted molar refractivity (Wildman–Crippen MR) is 52.2 cm³/mol. The third-order valence-electron chi connectivity index (χ3n) is 3.53. The molecule has 0 aromatic rings. The molecule has 2 aliphatic rings. The van der Waals surface area contributed by atoms with Crippen LogP contribution in [0.15, 0.2) is 0 Å². The van der Waals surface area contributed by atoms with Gasteiger partial charge in [0, 0.05) is 13.1 Å². The summed E-state index contributed by atoms with van der Waals surface area (Å²) >= 11 is 0. The van der Waals surface area contributed by atoms with E-state index in [2.05, 4.69) is 11.9 Å². The minimum Gasteiger partial charge on any atom is -0.306 e. The molecular formula is C11H21N. The van der Waals surface area contributed by atoms with Crippen molar-refractivity contribution in [2.45, 2.75) is 38.5 Å². The van der Waals surface area contributed by atoms with Gasteiger partial charge in [-0.2, -0.15) is 0 Å². The summed E-state index contributed by atoms with van der Waals surface area (Å²) in [5.41, 5.74) is 0. The van der Waals surface area contributed by atoms with Gasteiger partial charge in [0.1, 0.15) is 0 Å². The summed E-state index contributed by atoms with van der Waals surface area (Å²) in [6, 6.07) is 0. The van der Waals surface area contributed by atoms with Crippen LogP contribution >= 0.6 is 0 Å². The molecule has 1 heterocycles. The second kappa shape index (κ2) is 3.78. The Labute approximate surface area is 76.1 Å². The fourth-order valence-corrected chi connectivity index (χ4v) is 2.87. The molecule has 0 N–H and O–H groups in total. The summed E-state index contributed by atoms with van der Waals surface area (Å²) in [5.74, 6) is 2.15. The van der Waals surface area contributed by atoms with E-state index in [1.54, 1.807) is 0 Å². The van der Waals surface area contributed by atoms with E-state index in [4.69, 9.17) is 0 Å². The van der Waals surface area contributed by atoms with E-state index in [1.807, 2.05) is 0 Å². The third-order valence-corrected chi connectivity index (χ3v) is 3.53. The zero-order valence-electron chi connectivity index (χ0n) is 8.26. The van der Waals surface area contributed by atoms with Gasteiger partial charge >= 0.3 is 0 Å². The first-order valence-electron chi connectivity index (χ1n) is 5.53. The molecular weight excluding hydrogens is 146 g/mol. The SMILES string of the molecule is CN1CC(CC2CCCCC2)C1. The Morgan fingerprint density at radius 2 is 1.67 bits per heavy atom. The van der Waals surface area contributed by atoms with E-state index in [9.17, 15) is 0 Å². The number of rotatable bonds is 2. The molecule has 1 saturated carbocycles. The van der Waals surface area contributed by atoms with Crippen LogP contribution in [0.2, 0.25) is 0 Å². The smallest absolute Gasteiger partial charge is 0.00191 e. The summed E-state index contributed by atoms with van der Waals surface area (Å²) in [7, 11) is 2.23. The summed E-state index contributed by atoms with van der Waals surface area (Å²) in [5, 5.41) is 0. The van der Waals surface area contributed by atoms with Gasteiger partial charge in [0.2, 0.25) is 0 Å². The predicted octanol–water partition coefficient (Wildman–Crippen LogP) is 2.52. The van der Waals surface area contributed by atoms with Crippen molar-refractivity contribution >= 4 is 0 Å². The van der Waals surface area contributed by atoms with Crippen LogP contribution in [0.3, 0.4) is 0 Å². The van der Waals surface area contributed by atoms with Crippen LogP contribution < -0.4 is 0 Å². The Morgan fingerprint density at radius 1 is 1.00 bits per heavy atom. The van der Waals surface area contributed by atoms with E-state index >= 15 is 0 Å². The van der Waals surface area contributed by atoms with Gasteiger partial charge in [0.05, 0.1) is 0 Å². The van der Waals surface area contributed by atoms with Crippen LogP contribution in [-0.2, 0) is 0 Å². The van der Waals surface area contributed by atoms with E-state index in [1.165, 1.54) is 51.6 Å². The molecule has 1 heteroatoms. The minimum atomic E-state index is 1.05. The molecule has 0 aromatic carbocycles. The third kappa shape index (κ3) is 2.01. The fourth-order valence-electron chi connectivity index (χ4n) is 2.87. The molecule has 1 aliphatic heterocycles. The van der Waals surface area contributed by atoms with E-state index in [0.29, 0.717) is 0 Å². The standard InChI is InChI=1S/C11H21N/c1-12-8-11(9-12)7-10-5-3-2-4-6-10/h10-11H,2-9H2,1H3. The summed E-state index contributed by atoms with van der Waals surface area (Å²) in [6.45, 7) is 2.74. The fraction of sp³-hybridized carbons (Fsp3) is 1.00. The second-order valence-electron chi connectivity index (χ2n) is 4.83. The average molecular weight is 167 g/mol. The molecule has 12 heavy (non-hydrogen) atoms. The minimum absolute atomic E-state index is 1.05. The molecule has 0 atom stereocenters. The number of hydrogen-bond acceptors (Lipinski definition) is 1. The maximum absolute atomic E-state index is 2.44. The van der Waals surface area contributed by atoms with Crippen molar-refractivity contribution in [1.82, 2.24) is 4.90 Å². The zero-order valence-corrected chi connectivity index (χ0v) is 8.26. The lowest BCUT2D eigenvalue weighted by atomic mass is 9.80. The van der Waals surface area contributed by atoms with Crippen LogP contribution in [-0.4, -0.2) is 25.0 Å². The van der Waals surface area contributed by atoms with Gasteiger partial charge < -0.3 is 4.90 Å². The molecule has 0 unspecified atom stereocenters. The monoisotopic (exact) mass is 167 g/mol. The molecule has 0 amide bonds. The zero-order chi connectivity index (χ0) is 8.39. The molecule has 0 bridgehead atoms. The van der Waals surface area contributed by atoms with Crippen molar-refractivity contribution in [3.8, 4) is 0 Å². The maximum Gasteiger partial charge on any atom is 0.00191 e. The highest BCUT2D eigenvalue weighted by Crippen LogP contribution is 2.31. The van der Waals surface area contributed by atoms with E-state index in [0.717, 1.165) is 11.8 Å². The molecule has 1 nitrogen and oxygen atoms in total. The molecule has 0 aromatic heterocycles. The Kier molecular flexibility index (Phi) is 2.69. The average Bonchev–Trinajstić information content (AvgIpc) is 2.04. The summed E-state index contributed by atoms with van der Waals surface area (Å²) < 4.78 is 0. The highest BCUT2D eigenvalue weighted by atomic mass is 15.2. The molecule has 0 spiro atoms. The summed E-state index contributed by atoms with van der Waals surface area (Å²) in [6.07, 6.45) is 9.10. The van der Waals surface area contributed by atoms with E-state index in [-0.39, 0.29) is 0 Å². The molecule has 1 aliphatic carbocycles. The Morgan fingerprint density at radius 3 is 2.25 bits per heavy atom. The van der Waals surface area contributed by atoms with Gasteiger partial charge in [-0.25, -0.2) is 0 Å². The number of hydrogen-bond donors (Lipinski definition) is 0. The quantitative estimate of drug-likeness (QED) is 0.611. The topological polar surface area (TPSA) is 3.24 Å². The maximum atomic E-state index is 2.44. The highest BCUT2D eigenvalue weighted by molar-refractivity contribution is 4.80. The Balaban J connectivity index is 1.65. The van der Waals surface area contributed by atoms with Crippen LogP contribution in [0, 0.1) is 11.8 Å². The van der Waals surface area contributed by atoms with Crippen LogP contribution in [0.1, 0.15) is 38.5 Å². The van der Waals surface area contributed by atoms with E-state index < -0.39 is 0 Å². The lowest BCUT2D eigenvalue weighted by Gasteiger charge is -2.39. The number of nitrogens with zero attached hydrogens (tertiary/aromatic N) is 1. The van der Waals surface area contributed by atoms with Crippen LogP contribution in [0.25, 0.3) is 0 Å². The van der Waals surface area contributed by atoms with Crippen molar-refractivity contribution < 1.29 is 0 Å². The van der Waals surface area contributed by atoms with Gasteiger partial charge in [0.25, 0.3) is 0 Å². The summed E-state index contributed by atoms with van der Waals surface area (Å²) in [4.78, 5) is 2.44. The van der Waals surface area contributed by atoms with Gasteiger partial charge in [-0.3, -0.25) is 0 Å². The lowest BCUT2D eigenvalue weighted by molar-refractivity contribution is 0.103. The van der Waals surface area contributed by atoms with Crippen molar-refractivity contribution in [1.29, 1.82) is 0 Å². The largest absolute Gasteiger partial charge is 0.306 e. The molecule has 0 radical (unpaired) electrons. The van der Waals surface area contributed by atoms with Gasteiger partial charge in [-0.15, -0.1) is 0 Å².